The van der Waals surface area contributed by atoms with Crippen molar-refractivity contribution in [1.29, 1.82) is 0 Å². The number of carbonyl (C=O) groups is 2. The average molecular weight is 322 g/mol. The molecule has 0 aromatic rings. The number of rotatable bonds is 9. The van der Waals surface area contributed by atoms with E-state index in [0.29, 0.717) is 19.5 Å². The van der Waals surface area contributed by atoms with Gasteiger partial charge in [0, 0.05) is 13.1 Å². The van der Waals surface area contributed by atoms with Gasteiger partial charge in [0.1, 0.15) is 0 Å². The van der Waals surface area contributed by atoms with Crippen LogP contribution in [0, 0.1) is 36.0 Å². The van der Waals surface area contributed by atoms with Crippen molar-refractivity contribution < 1.29 is 19.8 Å². The summed E-state index contributed by atoms with van der Waals surface area (Å²) in [6.45, 7) is 6.80. The molecule has 0 fully saturated rings. The first-order valence-corrected chi connectivity index (χ1v) is 7.45. The molecule has 0 aliphatic carbocycles. The Labute approximate surface area is 138 Å². The largest absolute Gasteiger partial charge is 0.465 e. The molecule has 0 spiro atoms. The van der Waals surface area contributed by atoms with Crippen molar-refractivity contribution in [3.8, 4) is 24.7 Å². The second kappa shape index (κ2) is 9.63. The summed E-state index contributed by atoms with van der Waals surface area (Å²) in [4.78, 5) is 24.6. The number of nitrogens with zero attached hydrogens (tertiary/aromatic N) is 2. The molecule has 0 aliphatic heterocycles. The highest BCUT2D eigenvalue weighted by molar-refractivity contribution is 5.65. The monoisotopic (exact) mass is 322 g/mol. The van der Waals surface area contributed by atoms with Gasteiger partial charge < -0.3 is 10.2 Å². The van der Waals surface area contributed by atoms with E-state index in [1.54, 1.807) is 0 Å². The summed E-state index contributed by atoms with van der Waals surface area (Å²) in [5.41, 5.74) is -0.255. The van der Waals surface area contributed by atoms with Crippen LogP contribution in [-0.4, -0.2) is 58.4 Å². The van der Waals surface area contributed by atoms with Gasteiger partial charge in [-0.2, -0.15) is 0 Å². The van der Waals surface area contributed by atoms with Crippen molar-refractivity contribution >= 4 is 12.2 Å². The molecule has 0 aromatic heterocycles. The predicted octanol–water partition coefficient (Wildman–Crippen LogP) is 2.66. The van der Waals surface area contributed by atoms with E-state index in [-0.39, 0.29) is 24.4 Å². The van der Waals surface area contributed by atoms with Gasteiger partial charge in [0.25, 0.3) is 0 Å². The molecule has 0 saturated carbocycles. The molecule has 128 valence electrons. The quantitative estimate of drug-likeness (QED) is 0.640. The maximum absolute atomic E-state index is 11.2. The minimum atomic E-state index is -1.03. The molecule has 1 unspecified atom stereocenters. The summed E-state index contributed by atoms with van der Waals surface area (Å²) in [5.74, 6) is 4.90. The normalized spacial score (nSPS) is 11.9. The molecule has 0 bridgehead atoms. The van der Waals surface area contributed by atoms with E-state index in [1.807, 2.05) is 20.8 Å². The van der Waals surface area contributed by atoms with Crippen LogP contribution in [0.4, 0.5) is 9.59 Å². The van der Waals surface area contributed by atoms with Crippen LogP contribution in [0.3, 0.4) is 0 Å². The molecule has 0 rings (SSSR count). The van der Waals surface area contributed by atoms with Crippen molar-refractivity contribution in [2.45, 2.75) is 33.6 Å². The standard InChI is InChI=1S/C17H26N2O4/c1-6-9-18(15(20)21)11-8-14(3)12-17(4,5)13-19(10-7-2)16(22)23/h1-2,14H,8-13H2,3-5H3,(H,20,21)(H,22,23). The topological polar surface area (TPSA) is 81.1 Å². The summed E-state index contributed by atoms with van der Waals surface area (Å²) in [7, 11) is 0. The maximum atomic E-state index is 11.2. The summed E-state index contributed by atoms with van der Waals surface area (Å²) in [6, 6.07) is 0. The first-order valence-electron chi connectivity index (χ1n) is 7.45. The van der Waals surface area contributed by atoms with Gasteiger partial charge >= 0.3 is 12.2 Å². The third-order valence-electron chi connectivity index (χ3n) is 3.52. The molecule has 0 saturated heterocycles. The molecular weight excluding hydrogens is 296 g/mol. The lowest BCUT2D eigenvalue weighted by molar-refractivity contribution is 0.118. The highest BCUT2D eigenvalue weighted by atomic mass is 16.4. The van der Waals surface area contributed by atoms with Crippen LogP contribution in [0.2, 0.25) is 0 Å². The molecule has 6 nitrogen and oxygen atoms in total. The molecule has 6 heteroatoms. The van der Waals surface area contributed by atoms with Gasteiger partial charge in [-0.05, 0) is 24.2 Å². The molecule has 0 heterocycles. The maximum Gasteiger partial charge on any atom is 0.408 e. The molecule has 23 heavy (non-hydrogen) atoms. The van der Waals surface area contributed by atoms with Crippen molar-refractivity contribution in [3.63, 3.8) is 0 Å². The Morgan fingerprint density at radius 2 is 1.57 bits per heavy atom. The van der Waals surface area contributed by atoms with Gasteiger partial charge in [-0.3, -0.25) is 9.80 Å². The van der Waals surface area contributed by atoms with E-state index in [4.69, 9.17) is 23.1 Å². The zero-order chi connectivity index (χ0) is 18.0. The number of amides is 2. The second-order valence-corrected chi connectivity index (χ2v) is 6.51. The van der Waals surface area contributed by atoms with Crippen LogP contribution in [0.15, 0.2) is 0 Å². The summed E-state index contributed by atoms with van der Waals surface area (Å²) < 4.78 is 0. The van der Waals surface area contributed by atoms with Crippen LogP contribution in [0.1, 0.15) is 33.6 Å². The molecule has 2 amide bonds. The van der Waals surface area contributed by atoms with Crippen LogP contribution in [-0.2, 0) is 0 Å². The Morgan fingerprint density at radius 3 is 2.00 bits per heavy atom. The number of terminal acetylenes is 2. The minimum absolute atomic E-state index is 0.0576. The molecular formula is C17H26N2O4. The van der Waals surface area contributed by atoms with Gasteiger partial charge in [-0.1, -0.05) is 32.6 Å². The van der Waals surface area contributed by atoms with Gasteiger partial charge in [0.05, 0.1) is 13.1 Å². The summed E-state index contributed by atoms with van der Waals surface area (Å²) in [5, 5.41) is 18.2. The van der Waals surface area contributed by atoms with E-state index >= 15 is 0 Å². The zero-order valence-corrected chi connectivity index (χ0v) is 14.1. The molecule has 2 N–H and O–H groups in total. The number of hydrogen-bond donors (Lipinski definition) is 2. The third-order valence-corrected chi connectivity index (χ3v) is 3.52. The Bertz CT molecular complexity index is 488. The fraction of sp³-hybridized carbons (Fsp3) is 0.647. The van der Waals surface area contributed by atoms with Gasteiger partial charge in [0.15, 0.2) is 0 Å². The van der Waals surface area contributed by atoms with Crippen molar-refractivity contribution in [2.75, 3.05) is 26.2 Å². The Balaban J connectivity index is 4.53. The van der Waals surface area contributed by atoms with Crippen LogP contribution in [0.25, 0.3) is 0 Å². The fourth-order valence-corrected chi connectivity index (χ4v) is 2.66. The Morgan fingerprint density at radius 1 is 1.09 bits per heavy atom. The summed E-state index contributed by atoms with van der Waals surface area (Å²) >= 11 is 0. The fourth-order valence-electron chi connectivity index (χ4n) is 2.66. The molecule has 0 aliphatic rings. The second-order valence-electron chi connectivity index (χ2n) is 6.51. The highest BCUT2D eigenvalue weighted by Crippen LogP contribution is 2.28. The smallest absolute Gasteiger partial charge is 0.408 e. The molecule has 0 aromatic carbocycles. The van der Waals surface area contributed by atoms with Gasteiger partial charge in [0.2, 0.25) is 0 Å². The molecule has 1 atom stereocenters. The number of carboxylic acid groups (broad SMARTS) is 2. The van der Waals surface area contributed by atoms with E-state index in [2.05, 4.69) is 11.8 Å². The predicted molar refractivity (Wildman–Crippen MR) is 89.0 cm³/mol. The van der Waals surface area contributed by atoms with Crippen LogP contribution >= 0.6 is 0 Å². The first-order chi connectivity index (χ1) is 10.6. The van der Waals surface area contributed by atoms with E-state index < -0.39 is 12.2 Å². The lowest BCUT2D eigenvalue weighted by Crippen LogP contribution is -2.39. The van der Waals surface area contributed by atoms with E-state index in [1.165, 1.54) is 9.80 Å². The number of hydrogen-bond acceptors (Lipinski definition) is 2. The summed E-state index contributed by atoms with van der Waals surface area (Å²) in [6.07, 6.45) is 9.71. The van der Waals surface area contributed by atoms with Crippen molar-refractivity contribution in [3.05, 3.63) is 0 Å². The lowest BCUT2D eigenvalue weighted by atomic mass is 9.81. The Kier molecular flexibility index (Phi) is 8.65. The average Bonchev–Trinajstić information content (AvgIpc) is 2.41. The van der Waals surface area contributed by atoms with Gasteiger partial charge in [-0.25, -0.2) is 9.59 Å². The first kappa shape index (κ1) is 20.7. The van der Waals surface area contributed by atoms with E-state index in [0.717, 1.165) is 6.42 Å². The molecule has 0 radical (unpaired) electrons. The van der Waals surface area contributed by atoms with Crippen molar-refractivity contribution in [1.82, 2.24) is 9.80 Å². The lowest BCUT2D eigenvalue weighted by Gasteiger charge is -2.32. The Hall–Kier alpha value is -2.34. The highest BCUT2D eigenvalue weighted by Gasteiger charge is 2.26. The third kappa shape index (κ3) is 8.63. The van der Waals surface area contributed by atoms with Crippen LogP contribution < -0.4 is 0 Å². The zero-order valence-electron chi connectivity index (χ0n) is 14.1. The SMILES string of the molecule is C#CCN(CCC(C)CC(C)(C)CN(CC#C)C(=O)O)C(=O)O. The van der Waals surface area contributed by atoms with Crippen LogP contribution in [0.5, 0.6) is 0 Å². The minimum Gasteiger partial charge on any atom is -0.465 e. The van der Waals surface area contributed by atoms with E-state index in [9.17, 15) is 9.59 Å². The van der Waals surface area contributed by atoms with Gasteiger partial charge in [-0.15, -0.1) is 12.8 Å². The van der Waals surface area contributed by atoms with Crippen molar-refractivity contribution in [2.24, 2.45) is 11.3 Å².